The molecule has 2 N–H and O–H groups in total. The number of benzene rings is 1. The summed E-state index contributed by atoms with van der Waals surface area (Å²) in [7, 11) is 0. The molecular formula is C12H11N3O5. The molecule has 1 aromatic rings. The van der Waals surface area contributed by atoms with Gasteiger partial charge >= 0.3 is 0 Å². The summed E-state index contributed by atoms with van der Waals surface area (Å²) in [6.45, 7) is -0.458. The van der Waals surface area contributed by atoms with Crippen LogP contribution in [-0.4, -0.2) is 39.9 Å². The molecule has 0 atom stereocenters. The maximum Gasteiger partial charge on any atom is 0.292 e. The average Bonchev–Trinajstić information content (AvgIpc) is 2.67. The largest absolute Gasteiger partial charge is 0.395 e. The summed E-state index contributed by atoms with van der Waals surface area (Å²) < 4.78 is 0. The number of β-amino-alcohol motifs (C(OH)–C–C–N with tert-alkyl or cyclic N) is 1. The van der Waals surface area contributed by atoms with Gasteiger partial charge in [-0.25, -0.2) is 0 Å². The maximum atomic E-state index is 11.9. The van der Waals surface area contributed by atoms with E-state index in [1.807, 2.05) is 0 Å². The molecule has 0 aromatic heterocycles. The molecule has 0 unspecified atom stereocenters. The van der Waals surface area contributed by atoms with E-state index in [9.17, 15) is 19.7 Å². The highest BCUT2D eigenvalue weighted by molar-refractivity contribution is 6.17. The number of carbonyl (C=O) groups is 2. The average molecular weight is 277 g/mol. The van der Waals surface area contributed by atoms with Crippen LogP contribution in [0.2, 0.25) is 0 Å². The first-order chi connectivity index (χ1) is 9.54. The molecule has 1 aliphatic rings. The zero-order chi connectivity index (χ0) is 14.7. The Morgan fingerprint density at radius 3 is 2.65 bits per heavy atom. The minimum absolute atomic E-state index is 0.0576. The van der Waals surface area contributed by atoms with Gasteiger partial charge in [0.15, 0.2) is 0 Å². The molecule has 8 heteroatoms. The lowest BCUT2D eigenvalue weighted by Crippen LogP contribution is -2.34. The number of hydrogen-bond acceptors (Lipinski definition) is 6. The van der Waals surface area contributed by atoms with Crippen molar-refractivity contribution in [2.24, 2.45) is 0 Å². The zero-order valence-electron chi connectivity index (χ0n) is 10.3. The lowest BCUT2D eigenvalue weighted by molar-refractivity contribution is -0.383. The Morgan fingerprint density at radius 1 is 1.30 bits per heavy atom. The van der Waals surface area contributed by atoms with Crippen molar-refractivity contribution in [3.63, 3.8) is 0 Å². The van der Waals surface area contributed by atoms with Gasteiger partial charge in [0.05, 0.1) is 18.1 Å². The summed E-state index contributed by atoms with van der Waals surface area (Å²) in [5.41, 5.74) is -0.136. The Morgan fingerprint density at radius 2 is 2.00 bits per heavy atom. The highest BCUT2D eigenvalue weighted by atomic mass is 16.6. The van der Waals surface area contributed by atoms with E-state index >= 15 is 0 Å². The Hall–Kier alpha value is -2.74. The van der Waals surface area contributed by atoms with Gasteiger partial charge in [0, 0.05) is 12.1 Å². The van der Waals surface area contributed by atoms with Gasteiger partial charge in [-0.1, -0.05) is 12.1 Å². The molecule has 1 aliphatic heterocycles. The number of anilines is 1. The van der Waals surface area contributed by atoms with Gasteiger partial charge in [0.1, 0.15) is 11.4 Å². The quantitative estimate of drug-likeness (QED) is 0.453. The third kappa shape index (κ3) is 2.50. The van der Waals surface area contributed by atoms with Crippen molar-refractivity contribution >= 4 is 23.2 Å². The van der Waals surface area contributed by atoms with Crippen LogP contribution in [0, 0.1) is 10.1 Å². The van der Waals surface area contributed by atoms with E-state index in [-0.39, 0.29) is 30.2 Å². The monoisotopic (exact) mass is 277 g/mol. The number of nitrogens with one attached hydrogen (secondary N) is 1. The number of aliphatic hydroxyl groups excluding tert-OH is 1. The summed E-state index contributed by atoms with van der Waals surface area (Å²) in [5.74, 6) is -1.19. The lowest BCUT2D eigenvalue weighted by Gasteiger charge is -2.13. The Balaban J connectivity index is 2.24. The van der Waals surface area contributed by atoms with Gasteiger partial charge in [-0.05, 0) is 6.07 Å². The fraction of sp³-hybridized carbons (Fsp3) is 0.167. The molecular weight excluding hydrogens is 266 g/mol. The van der Waals surface area contributed by atoms with Crippen molar-refractivity contribution in [3.05, 3.63) is 46.2 Å². The van der Waals surface area contributed by atoms with Crippen LogP contribution in [0.5, 0.6) is 0 Å². The van der Waals surface area contributed by atoms with Crippen molar-refractivity contribution in [2.75, 3.05) is 18.5 Å². The number of hydrogen-bond donors (Lipinski definition) is 2. The summed E-state index contributed by atoms with van der Waals surface area (Å²) >= 11 is 0. The van der Waals surface area contributed by atoms with Crippen LogP contribution >= 0.6 is 0 Å². The number of imide groups is 1. The molecule has 2 amide bonds. The van der Waals surface area contributed by atoms with Crippen LogP contribution < -0.4 is 5.32 Å². The summed E-state index contributed by atoms with van der Waals surface area (Å²) in [6, 6.07) is 5.79. The fourth-order valence-corrected chi connectivity index (χ4v) is 1.79. The molecule has 104 valence electrons. The molecule has 0 spiro atoms. The van der Waals surface area contributed by atoms with Crippen LogP contribution in [0.25, 0.3) is 0 Å². The molecule has 0 radical (unpaired) electrons. The van der Waals surface area contributed by atoms with Gasteiger partial charge < -0.3 is 10.4 Å². The second kappa shape index (κ2) is 5.49. The first kappa shape index (κ1) is 13.7. The van der Waals surface area contributed by atoms with E-state index in [1.54, 1.807) is 6.07 Å². The van der Waals surface area contributed by atoms with Crippen LogP contribution in [-0.2, 0) is 9.59 Å². The normalized spacial score (nSPS) is 14.4. The smallest absolute Gasteiger partial charge is 0.292 e. The second-order valence-electron chi connectivity index (χ2n) is 3.98. The van der Waals surface area contributed by atoms with E-state index in [1.165, 1.54) is 18.2 Å². The summed E-state index contributed by atoms with van der Waals surface area (Å²) in [6.07, 6.45) is 1.05. The molecule has 20 heavy (non-hydrogen) atoms. The summed E-state index contributed by atoms with van der Waals surface area (Å²) in [5, 5.41) is 22.2. The number of nitro benzene ring substituents is 1. The third-order valence-corrected chi connectivity index (χ3v) is 2.70. The van der Waals surface area contributed by atoms with Crippen molar-refractivity contribution in [1.29, 1.82) is 0 Å². The summed E-state index contributed by atoms with van der Waals surface area (Å²) in [4.78, 5) is 34.6. The number of aliphatic hydroxyl groups is 1. The molecule has 0 fully saturated rings. The Bertz CT molecular complexity index is 611. The minimum Gasteiger partial charge on any atom is -0.395 e. The second-order valence-corrected chi connectivity index (χ2v) is 3.98. The van der Waals surface area contributed by atoms with E-state index in [0.717, 1.165) is 11.0 Å². The predicted molar refractivity (Wildman–Crippen MR) is 68.6 cm³/mol. The number of nitro groups is 1. The van der Waals surface area contributed by atoms with E-state index in [4.69, 9.17) is 5.11 Å². The molecule has 0 bridgehead atoms. The Kier molecular flexibility index (Phi) is 3.76. The lowest BCUT2D eigenvalue weighted by atomic mass is 10.2. The van der Waals surface area contributed by atoms with E-state index < -0.39 is 16.7 Å². The molecule has 0 saturated heterocycles. The van der Waals surface area contributed by atoms with Gasteiger partial charge in [-0.15, -0.1) is 0 Å². The van der Waals surface area contributed by atoms with Crippen molar-refractivity contribution < 1.29 is 19.6 Å². The molecule has 8 nitrogen and oxygen atoms in total. The fourth-order valence-electron chi connectivity index (χ4n) is 1.79. The maximum absolute atomic E-state index is 11.9. The zero-order valence-corrected chi connectivity index (χ0v) is 10.3. The van der Waals surface area contributed by atoms with Crippen molar-refractivity contribution in [1.82, 2.24) is 4.90 Å². The molecule has 1 aromatic carbocycles. The molecule has 1 heterocycles. The SMILES string of the molecule is O=C1C=C(Nc2ccccc2[N+](=O)[O-])C(=O)N1CCO. The van der Waals surface area contributed by atoms with Gasteiger partial charge in [0.25, 0.3) is 17.5 Å². The van der Waals surface area contributed by atoms with Crippen molar-refractivity contribution in [2.45, 2.75) is 0 Å². The van der Waals surface area contributed by atoms with Crippen LogP contribution in [0.1, 0.15) is 0 Å². The highest BCUT2D eigenvalue weighted by Crippen LogP contribution is 2.26. The Labute approximate surface area is 113 Å². The number of rotatable bonds is 5. The molecule has 0 saturated carbocycles. The number of amides is 2. The van der Waals surface area contributed by atoms with Crippen molar-refractivity contribution in [3.8, 4) is 0 Å². The van der Waals surface area contributed by atoms with Crippen LogP contribution in [0.15, 0.2) is 36.0 Å². The highest BCUT2D eigenvalue weighted by Gasteiger charge is 2.31. The molecule has 0 aliphatic carbocycles. The van der Waals surface area contributed by atoms with Gasteiger partial charge in [0.2, 0.25) is 0 Å². The van der Waals surface area contributed by atoms with Crippen LogP contribution in [0.4, 0.5) is 11.4 Å². The number of para-hydroxylation sites is 2. The van der Waals surface area contributed by atoms with E-state index in [0.29, 0.717) is 0 Å². The minimum atomic E-state index is -0.623. The topological polar surface area (TPSA) is 113 Å². The predicted octanol–water partition coefficient (Wildman–Crippen LogP) is 0.252. The number of carbonyl (C=O) groups excluding carboxylic acids is 2. The molecule has 2 rings (SSSR count). The van der Waals surface area contributed by atoms with Gasteiger partial charge in [-0.3, -0.25) is 24.6 Å². The first-order valence-corrected chi connectivity index (χ1v) is 5.73. The van der Waals surface area contributed by atoms with E-state index in [2.05, 4.69) is 5.32 Å². The van der Waals surface area contributed by atoms with Gasteiger partial charge in [-0.2, -0.15) is 0 Å². The first-order valence-electron chi connectivity index (χ1n) is 5.73. The standard InChI is InChI=1S/C12H11N3O5/c16-6-5-14-11(17)7-9(12(14)18)13-8-3-1-2-4-10(8)15(19)20/h1-4,7,13,16H,5-6H2. The number of nitrogens with zero attached hydrogens (tertiary/aromatic N) is 2. The van der Waals surface area contributed by atoms with Crippen LogP contribution in [0.3, 0.4) is 0 Å². The third-order valence-electron chi connectivity index (χ3n) is 2.70.